The predicted molar refractivity (Wildman–Crippen MR) is 60.3 cm³/mol. The molecule has 0 aromatic carbocycles. The van der Waals surface area contributed by atoms with Gasteiger partial charge in [-0.2, -0.15) is 0 Å². The van der Waals surface area contributed by atoms with Gasteiger partial charge in [0, 0.05) is 26.6 Å². The van der Waals surface area contributed by atoms with Crippen LogP contribution in [0.5, 0.6) is 0 Å². The van der Waals surface area contributed by atoms with Gasteiger partial charge in [-0.15, -0.1) is 0 Å². The van der Waals surface area contributed by atoms with E-state index in [1.807, 2.05) is 13.8 Å². The normalized spacial score (nSPS) is 14.7. The maximum Gasteiger partial charge on any atom is 0.302 e. The molecular formula is C11H22O6. The molecule has 0 aromatic heterocycles. The topological polar surface area (TPSA) is 85.2 Å². The summed E-state index contributed by atoms with van der Waals surface area (Å²) in [6.45, 7) is 5.29. The first-order valence-electron chi connectivity index (χ1n) is 5.74. The van der Waals surface area contributed by atoms with Gasteiger partial charge in [0.1, 0.15) is 12.2 Å². The largest absolute Gasteiger partial charge is 0.460 e. The first-order valence-corrected chi connectivity index (χ1v) is 5.74. The van der Waals surface area contributed by atoms with Crippen LogP contribution in [0.2, 0.25) is 0 Å². The molecule has 0 aliphatic heterocycles. The Balaban J connectivity index is 4.39. The molecule has 17 heavy (non-hydrogen) atoms. The van der Waals surface area contributed by atoms with Crippen molar-refractivity contribution >= 4 is 5.97 Å². The van der Waals surface area contributed by atoms with Gasteiger partial charge in [-0.1, -0.05) is 0 Å². The SMILES string of the molecule is CCOC(C[C@H](OC(C)=O)[C@H](O)CO)OCC. The Bertz CT molecular complexity index is 202. The Morgan fingerprint density at radius 2 is 1.76 bits per heavy atom. The number of ether oxygens (including phenoxy) is 3. The van der Waals surface area contributed by atoms with Crippen molar-refractivity contribution in [3.63, 3.8) is 0 Å². The third-order valence-corrected chi connectivity index (χ3v) is 2.06. The van der Waals surface area contributed by atoms with Crippen molar-refractivity contribution in [1.82, 2.24) is 0 Å². The van der Waals surface area contributed by atoms with Crippen LogP contribution >= 0.6 is 0 Å². The van der Waals surface area contributed by atoms with E-state index in [9.17, 15) is 9.90 Å². The van der Waals surface area contributed by atoms with E-state index in [-0.39, 0.29) is 6.42 Å². The number of esters is 1. The smallest absolute Gasteiger partial charge is 0.302 e. The minimum atomic E-state index is -1.14. The third kappa shape index (κ3) is 7.27. The maximum atomic E-state index is 10.9. The fourth-order valence-corrected chi connectivity index (χ4v) is 1.36. The molecule has 6 heteroatoms. The van der Waals surface area contributed by atoms with Gasteiger partial charge in [0.2, 0.25) is 0 Å². The summed E-state index contributed by atoms with van der Waals surface area (Å²) < 4.78 is 15.5. The van der Waals surface area contributed by atoms with Crippen molar-refractivity contribution in [2.75, 3.05) is 19.8 Å². The zero-order chi connectivity index (χ0) is 13.3. The number of rotatable bonds is 9. The van der Waals surface area contributed by atoms with Crippen LogP contribution in [0.15, 0.2) is 0 Å². The lowest BCUT2D eigenvalue weighted by Crippen LogP contribution is -2.37. The summed E-state index contributed by atoms with van der Waals surface area (Å²) in [5.74, 6) is -0.519. The molecule has 0 aliphatic rings. The van der Waals surface area contributed by atoms with Gasteiger partial charge in [0.15, 0.2) is 6.29 Å². The lowest BCUT2D eigenvalue weighted by molar-refractivity contribution is -0.180. The van der Waals surface area contributed by atoms with E-state index >= 15 is 0 Å². The Morgan fingerprint density at radius 3 is 2.12 bits per heavy atom. The zero-order valence-electron chi connectivity index (χ0n) is 10.6. The summed E-state index contributed by atoms with van der Waals surface area (Å²) in [4.78, 5) is 10.9. The second kappa shape index (κ2) is 9.35. The predicted octanol–water partition coefficient (Wildman–Crippen LogP) is 0.0605. The van der Waals surface area contributed by atoms with Gasteiger partial charge in [-0.05, 0) is 13.8 Å². The first-order chi connectivity index (χ1) is 8.04. The fraction of sp³-hybridized carbons (Fsp3) is 0.909. The van der Waals surface area contributed by atoms with Crippen LogP contribution in [0, 0.1) is 0 Å². The average Bonchev–Trinajstić information content (AvgIpc) is 2.27. The summed E-state index contributed by atoms with van der Waals surface area (Å²) in [5.41, 5.74) is 0. The molecule has 0 amide bonds. The molecule has 6 nitrogen and oxygen atoms in total. The van der Waals surface area contributed by atoms with E-state index in [2.05, 4.69) is 0 Å². The molecule has 102 valence electrons. The molecule has 0 heterocycles. The molecule has 2 N–H and O–H groups in total. The van der Waals surface area contributed by atoms with E-state index in [0.29, 0.717) is 13.2 Å². The van der Waals surface area contributed by atoms with Gasteiger partial charge in [0.25, 0.3) is 0 Å². The second-order valence-electron chi connectivity index (χ2n) is 3.47. The first kappa shape index (κ1) is 16.3. The van der Waals surface area contributed by atoms with Gasteiger partial charge >= 0.3 is 5.97 Å². The highest BCUT2D eigenvalue weighted by molar-refractivity contribution is 5.66. The van der Waals surface area contributed by atoms with Crippen LogP contribution in [0.1, 0.15) is 27.2 Å². The number of aliphatic hydroxyl groups is 2. The molecule has 0 radical (unpaired) electrons. The quantitative estimate of drug-likeness (QED) is 0.444. The molecule has 0 unspecified atom stereocenters. The molecule has 0 aromatic rings. The summed E-state index contributed by atoms with van der Waals surface area (Å²) in [6, 6.07) is 0. The number of carbonyl (C=O) groups is 1. The van der Waals surface area contributed by atoms with Crippen molar-refractivity contribution in [2.24, 2.45) is 0 Å². The molecule has 2 atom stereocenters. The number of aliphatic hydroxyl groups excluding tert-OH is 2. The number of hydrogen-bond donors (Lipinski definition) is 2. The third-order valence-electron chi connectivity index (χ3n) is 2.06. The van der Waals surface area contributed by atoms with Gasteiger partial charge in [-0.25, -0.2) is 0 Å². The highest BCUT2D eigenvalue weighted by atomic mass is 16.7. The molecular weight excluding hydrogens is 228 g/mol. The highest BCUT2D eigenvalue weighted by Gasteiger charge is 2.26. The molecule has 0 rings (SSSR count). The van der Waals surface area contributed by atoms with Crippen molar-refractivity contribution in [2.45, 2.75) is 45.7 Å². The summed E-state index contributed by atoms with van der Waals surface area (Å²) in [5, 5.41) is 18.4. The van der Waals surface area contributed by atoms with E-state index in [1.54, 1.807) is 0 Å². The van der Waals surface area contributed by atoms with E-state index in [4.69, 9.17) is 19.3 Å². The Labute approximate surface area is 101 Å². The summed E-state index contributed by atoms with van der Waals surface area (Å²) in [7, 11) is 0. The summed E-state index contributed by atoms with van der Waals surface area (Å²) >= 11 is 0. The van der Waals surface area contributed by atoms with Crippen LogP contribution < -0.4 is 0 Å². The van der Waals surface area contributed by atoms with Crippen LogP contribution in [-0.2, 0) is 19.0 Å². The van der Waals surface area contributed by atoms with E-state index < -0.39 is 31.1 Å². The molecule has 0 fully saturated rings. The van der Waals surface area contributed by atoms with Crippen molar-refractivity contribution in [3.8, 4) is 0 Å². The minimum absolute atomic E-state index is 0.184. The Hall–Kier alpha value is -0.690. The van der Waals surface area contributed by atoms with Crippen LogP contribution in [0.3, 0.4) is 0 Å². The fourth-order valence-electron chi connectivity index (χ4n) is 1.36. The Morgan fingerprint density at radius 1 is 1.24 bits per heavy atom. The summed E-state index contributed by atoms with van der Waals surface area (Å²) in [6.07, 6.45) is -2.35. The molecule has 0 aliphatic carbocycles. The highest BCUT2D eigenvalue weighted by Crippen LogP contribution is 2.12. The van der Waals surface area contributed by atoms with Crippen molar-refractivity contribution in [3.05, 3.63) is 0 Å². The average molecular weight is 250 g/mol. The van der Waals surface area contributed by atoms with E-state index in [1.165, 1.54) is 6.92 Å². The van der Waals surface area contributed by atoms with Crippen LogP contribution in [-0.4, -0.2) is 54.5 Å². The van der Waals surface area contributed by atoms with Crippen molar-refractivity contribution in [1.29, 1.82) is 0 Å². The lowest BCUT2D eigenvalue weighted by Gasteiger charge is -2.25. The molecule has 0 saturated heterocycles. The van der Waals surface area contributed by atoms with Gasteiger partial charge < -0.3 is 24.4 Å². The van der Waals surface area contributed by atoms with E-state index in [0.717, 1.165) is 0 Å². The second-order valence-corrected chi connectivity index (χ2v) is 3.47. The maximum absolute atomic E-state index is 10.9. The zero-order valence-corrected chi connectivity index (χ0v) is 10.6. The lowest BCUT2D eigenvalue weighted by atomic mass is 10.1. The molecule has 0 bridgehead atoms. The standard InChI is InChI=1S/C11H22O6/c1-4-15-11(16-5-2)6-10(9(14)7-12)17-8(3)13/h9-12,14H,4-7H2,1-3H3/t9-,10+/m1/s1. The molecule has 0 spiro atoms. The minimum Gasteiger partial charge on any atom is -0.460 e. The number of carbonyl (C=O) groups excluding carboxylic acids is 1. The van der Waals surface area contributed by atoms with Crippen molar-refractivity contribution < 1.29 is 29.2 Å². The van der Waals surface area contributed by atoms with Crippen LogP contribution in [0.25, 0.3) is 0 Å². The van der Waals surface area contributed by atoms with Gasteiger partial charge in [-0.3, -0.25) is 4.79 Å². The molecule has 0 saturated carbocycles. The Kier molecular flexibility index (Phi) is 8.97. The monoisotopic (exact) mass is 250 g/mol. The van der Waals surface area contributed by atoms with Crippen LogP contribution in [0.4, 0.5) is 0 Å². The number of hydrogen-bond acceptors (Lipinski definition) is 6. The van der Waals surface area contributed by atoms with Gasteiger partial charge in [0.05, 0.1) is 6.61 Å².